The highest BCUT2D eigenvalue weighted by Gasteiger charge is 2.07. The van der Waals surface area contributed by atoms with Crippen LogP contribution in [0.2, 0.25) is 0 Å². The molecule has 0 saturated carbocycles. The van der Waals surface area contributed by atoms with Gasteiger partial charge in [-0.3, -0.25) is 0 Å². The smallest absolute Gasteiger partial charge is 0.354 e. The zero-order chi connectivity index (χ0) is 13.1. The van der Waals surface area contributed by atoms with Crippen LogP contribution in [0.4, 0.5) is 11.5 Å². The van der Waals surface area contributed by atoms with Crippen LogP contribution in [-0.4, -0.2) is 16.1 Å². The molecule has 0 fully saturated rings. The molecule has 0 aliphatic rings. The highest BCUT2D eigenvalue weighted by molar-refractivity contribution is 5.86. The van der Waals surface area contributed by atoms with E-state index in [1.54, 1.807) is 12.1 Å². The zero-order valence-electron chi connectivity index (χ0n) is 10.3. The van der Waals surface area contributed by atoms with Gasteiger partial charge in [-0.25, -0.2) is 9.78 Å². The van der Waals surface area contributed by atoms with Crippen molar-refractivity contribution >= 4 is 17.5 Å². The third-order valence-corrected chi connectivity index (χ3v) is 2.70. The van der Waals surface area contributed by atoms with Crippen molar-refractivity contribution < 1.29 is 9.90 Å². The Labute approximate surface area is 105 Å². The van der Waals surface area contributed by atoms with Crippen molar-refractivity contribution in [3.05, 3.63) is 53.2 Å². The van der Waals surface area contributed by atoms with Crippen molar-refractivity contribution in [1.29, 1.82) is 0 Å². The lowest BCUT2D eigenvalue weighted by Gasteiger charge is -2.12. The summed E-state index contributed by atoms with van der Waals surface area (Å²) in [7, 11) is 0. The number of hydrogen-bond acceptors (Lipinski definition) is 3. The molecule has 4 heteroatoms. The molecule has 0 aliphatic heterocycles. The van der Waals surface area contributed by atoms with Gasteiger partial charge in [-0.1, -0.05) is 24.3 Å². The summed E-state index contributed by atoms with van der Waals surface area (Å²) in [4.78, 5) is 14.9. The molecule has 0 atom stereocenters. The average molecular weight is 242 g/mol. The standard InChI is InChI=1S/C14H14N2O2/c1-9-5-3-6-10(2)13(9)16-12-8-4-7-11(15-12)14(17)18/h3-8H,1-2H3,(H,15,16)(H,17,18). The molecule has 0 saturated heterocycles. The number of carbonyl (C=O) groups is 1. The number of aromatic nitrogens is 1. The molecule has 1 heterocycles. The predicted molar refractivity (Wildman–Crippen MR) is 70.4 cm³/mol. The molecule has 0 bridgehead atoms. The molecule has 2 N–H and O–H groups in total. The van der Waals surface area contributed by atoms with Gasteiger partial charge in [0.05, 0.1) is 0 Å². The van der Waals surface area contributed by atoms with E-state index in [0.29, 0.717) is 5.82 Å². The van der Waals surface area contributed by atoms with E-state index in [4.69, 9.17) is 5.11 Å². The minimum absolute atomic E-state index is 0.0336. The van der Waals surface area contributed by atoms with Crippen molar-refractivity contribution in [2.75, 3.05) is 5.32 Å². The molecule has 0 amide bonds. The number of pyridine rings is 1. The van der Waals surface area contributed by atoms with E-state index in [0.717, 1.165) is 16.8 Å². The number of hydrogen-bond donors (Lipinski definition) is 2. The fraction of sp³-hybridized carbons (Fsp3) is 0.143. The number of aryl methyl sites for hydroxylation is 2. The van der Waals surface area contributed by atoms with Gasteiger partial charge < -0.3 is 10.4 Å². The summed E-state index contributed by atoms with van der Waals surface area (Å²) in [6, 6.07) is 10.9. The van der Waals surface area contributed by atoms with E-state index < -0.39 is 5.97 Å². The van der Waals surface area contributed by atoms with Crippen molar-refractivity contribution in [2.24, 2.45) is 0 Å². The van der Waals surface area contributed by atoms with E-state index >= 15 is 0 Å². The van der Waals surface area contributed by atoms with Crippen LogP contribution in [0.3, 0.4) is 0 Å². The van der Waals surface area contributed by atoms with E-state index in [-0.39, 0.29) is 5.69 Å². The van der Waals surface area contributed by atoms with Crippen LogP contribution >= 0.6 is 0 Å². The molecule has 0 unspecified atom stereocenters. The molecule has 0 radical (unpaired) electrons. The maximum atomic E-state index is 10.8. The highest BCUT2D eigenvalue weighted by Crippen LogP contribution is 2.23. The summed E-state index contributed by atoms with van der Waals surface area (Å²) in [6.07, 6.45) is 0. The lowest BCUT2D eigenvalue weighted by molar-refractivity contribution is 0.0690. The van der Waals surface area contributed by atoms with E-state index in [9.17, 15) is 4.79 Å². The summed E-state index contributed by atoms with van der Waals surface area (Å²) in [6.45, 7) is 3.99. The van der Waals surface area contributed by atoms with Gasteiger partial charge in [-0.2, -0.15) is 0 Å². The van der Waals surface area contributed by atoms with Crippen LogP contribution in [0, 0.1) is 13.8 Å². The van der Waals surface area contributed by atoms with Crippen LogP contribution in [0.15, 0.2) is 36.4 Å². The molecule has 0 aliphatic carbocycles. The first kappa shape index (κ1) is 12.1. The van der Waals surface area contributed by atoms with Crippen LogP contribution in [0.5, 0.6) is 0 Å². The Morgan fingerprint density at radius 2 is 1.72 bits per heavy atom. The molecular formula is C14H14N2O2. The number of nitrogens with one attached hydrogen (secondary N) is 1. The molecule has 1 aromatic carbocycles. The number of carboxylic acids is 1. The molecule has 1 aromatic heterocycles. The third kappa shape index (κ3) is 2.48. The molecule has 92 valence electrons. The molecular weight excluding hydrogens is 228 g/mol. The maximum absolute atomic E-state index is 10.8. The fourth-order valence-electron chi connectivity index (χ4n) is 1.76. The Bertz CT molecular complexity index is 574. The lowest BCUT2D eigenvalue weighted by atomic mass is 10.1. The van der Waals surface area contributed by atoms with Crippen LogP contribution in [-0.2, 0) is 0 Å². The minimum Gasteiger partial charge on any atom is -0.477 e. The monoisotopic (exact) mass is 242 g/mol. The number of rotatable bonds is 3. The number of carboxylic acid groups (broad SMARTS) is 1. The average Bonchev–Trinajstić information content (AvgIpc) is 2.34. The van der Waals surface area contributed by atoms with Gasteiger partial charge in [0.15, 0.2) is 5.69 Å². The number of nitrogens with zero attached hydrogens (tertiary/aromatic N) is 1. The third-order valence-electron chi connectivity index (χ3n) is 2.70. The Balaban J connectivity index is 2.34. The predicted octanol–water partition coefficient (Wildman–Crippen LogP) is 3.14. The maximum Gasteiger partial charge on any atom is 0.354 e. The van der Waals surface area contributed by atoms with Crippen molar-refractivity contribution in [3.63, 3.8) is 0 Å². The quantitative estimate of drug-likeness (QED) is 0.868. The molecule has 2 rings (SSSR count). The SMILES string of the molecule is Cc1cccc(C)c1Nc1cccc(C(=O)O)n1. The zero-order valence-corrected chi connectivity index (χ0v) is 10.3. The summed E-state index contributed by atoms with van der Waals surface area (Å²) in [5, 5.41) is 12.1. The van der Waals surface area contributed by atoms with Crippen molar-refractivity contribution in [1.82, 2.24) is 4.98 Å². The van der Waals surface area contributed by atoms with Gasteiger partial charge in [0.1, 0.15) is 5.82 Å². The lowest BCUT2D eigenvalue weighted by Crippen LogP contribution is -2.03. The first-order valence-electron chi connectivity index (χ1n) is 5.61. The second-order valence-corrected chi connectivity index (χ2v) is 4.11. The van der Waals surface area contributed by atoms with Crippen LogP contribution in [0.1, 0.15) is 21.6 Å². The summed E-state index contributed by atoms with van der Waals surface area (Å²) in [5.41, 5.74) is 3.19. The van der Waals surface area contributed by atoms with Crippen molar-refractivity contribution in [2.45, 2.75) is 13.8 Å². The normalized spacial score (nSPS) is 10.1. The van der Waals surface area contributed by atoms with Crippen LogP contribution < -0.4 is 5.32 Å². The molecule has 2 aromatic rings. The van der Waals surface area contributed by atoms with E-state index in [2.05, 4.69) is 10.3 Å². The Morgan fingerprint density at radius 1 is 1.11 bits per heavy atom. The van der Waals surface area contributed by atoms with Gasteiger partial charge in [0, 0.05) is 5.69 Å². The number of anilines is 2. The Hall–Kier alpha value is -2.36. The highest BCUT2D eigenvalue weighted by atomic mass is 16.4. The van der Waals surface area contributed by atoms with Gasteiger partial charge in [-0.15, -0.1) is 0 Å². The van der Waals surface area contributed by atoms with Gasteiger partial charge in [0.25, 0.3) is 0 Å². The topological polar surface area (TPSA) is 62.2 Å². The van der Waals surface area contributed by atoms with Gasteiger partial charge in [0.2, 0.25) is 0 Å². The number of benzene rings is 1. The molecule has 18 heavy (non-hydrogen) atoms. The Kier molecular flexibility index (Phi) is 3.28. The summed E-state index contributed by atoms with van der Waals surface area (Å²) < 4.78 is 0. The Morgan fingerprint density at radius 3 is 2.33 bits per heavy atom. The van der Waals surface area contributed by atoms with Crippen LogP contribution in [0.25, 0.3) is 0 Å². The number of para-hydroxylation sites is 1. The van der Waals surface area contributed by atoms with Crippen molar-refractivity contribution in [3.8, 4) is 0 Å². The second-order valence-electron chi connectivity index (χ2n) is 4.11. The molecule has 4 nitrogen and oxygen atoms in total. The van der Waals surface area contributed by atoms with Gasteiger partial charge >= 0.3 is 5.97 Å². The van der Waals surface area contributed by atoms with Gasteiger partial charge in [-0.05, 0) is 37.1 Å². The van der Waals surface area contributed by atoms with E-state index in [1.165, 1.54) is 6.07 Å². The first-order valence-corrected chi connectivity index (χ1v) is 5.61. The first-order chi connectivity index (χ1) is 8.58. The minimum atomic E-state index is -1.03. The summed E-state index contributed by atoms with van der Waals surface area (Å²) >= 11 is 0. The summed E-state index contributed by atoms with van der Waals surface area (Å²) in [5.74, 6) is -0.493. The fourth-order valence-corrected chi connectivity index (χ4v) is 1.76. The number of aromatic carboxylic acids is 1. The molecule has 0 spiro atoms. The second kappa shape index (κ2) is 4.87. The van der Waals surface area contributed by atoms with E-state index in [1.807, 2.05) is 32.0 Å². The largest absolute Gasteiger partial charge is 0.477 e.